The van der Waals surface area contributed by atoms with Crippen LogP contribution < -0.4 is 14.4 Å². The maximum absolute atomic E-state index is 13.4. The van der Waals surface area contributed by atoms with Crippen LogP contribution in [0, 0.1) is 11.3 Å². The maximum Gasteiger partial charge on any atom is 0.422 e. The van der Waals surface area contributed by atoms with E-state index in [0.717, 1.165) is 0 Å². The van der Waals surface area contributed by atoms with Gasteiger partial charge in [0, 0.05) is 30.4 Å². The fourth-order valence-electron chi connectivity index (χ4n) is 4.57. The zero-order valence-corrected chi connectivity index (χ0v) is 17.4. The molecule has 1 saturated carbocycles. The van der Waals surface area contributed by atoms with E-state index in [0.29, 0.717) is 43.8 Å². The number of nitrogens with zero attached hydrogens (tertiary/aromatic N) is 2. The lowest BCUT2D eigenvalue weighted by atomic mass is 9.67. The number of benzene rings is 1. The van der Waals surface area contributed by atoms with Crippen molar-refractivity contribution in [3.05, 3.63) is 48.7 Å². The number of carbonyl (C=O) groups is 1. The van der Waals surface area contributed by atoms with E-state index in [-0.39, 0.29) is 24.2 Å². The quantitative estimate of drug-likeness (QED) is 0.721. The van der Waals surface area contributed by atoms with Crippen LogP contribution in [0.4, 0.5) is 18.9 Å². The van der Waals surface area contributed by atoms with Crippen LogP contribution in [0.2, 0.25) is 0 Å². The molecule has 0 bridgehead atoms. The van der Waals surface area contributed by atoms with Crippen LogP contribution in [-0.4, -0.2) is 48.0 Å². The molecular formula is C23H25F3N2O4. The van der Waals surface area contributed by atoms with Gasteiger partial charge in [0.2, 0.25) is 11.8 Å². The molecule has 1 aliphatic carbocycles. The van der Waals surface area contributed by atoms with Crippen molar-refractivity contribution in [3.8, 4) is 11.6 Å². The zero-order valence-electron chi connectivity index (χ0n) is 17.4. The summed E-state index contributed by atoms with van der Waals surface area (Å²) in [6.07, 6.45) is -1.04. The summed E-state index contributed by atoms with van der Waals surface area (Å²) < 4.78 is 47.4. The standard InChI is InChI=1S/C23H25F3N2O4/c24-23(25,26)15-32-18-6-4-17(5-7-18)28-12-10-22(21(28)30)9-8-19(29)16(13-22)14-31-20-3-1-2-11-27-20/h1-7,11,16,19,29H,8-10,12-15H2/t16-,19+,22+/m1/s1. The first-order valence-corrected chi connectivity index (χ1v) is 10.6. The normalized spacial score (nSPS) is 25.9. The summed E-state index contributed by atoms with van der Waals surface area (Å²) in [5.74, 6) is 0.371. The minimum atomic E-state index is -4.40. The first kappa shape index (κ1) is 22.4. The van der Waals surface area contributed by atoms with Crippen LogP contribution in [0.25, 0.3) is 0 Å². The second-order valence-electron chi connectivity index (χ2n) is 8.43. The van der Waals surface area contributed by atoms with Gasteiger partial charge >= 0.3 is 6.18 Å². The van der Waals surface area contributed by atoms with Crippen molar-refractivity contribution in [2.75, 3.05) is 24.7 Å². The van der Waals surface area contributed by atoms with Gasteiger partial charge in [-0.1, -0.05) is 6.07 Å². The molecule has 172 valence electrons. The molecular weight excluding hydrogens is 425 g/mol. The molecule has 1 aromatic heterocycles. The molecule has 1 saturated heterocycles. The maximum atomic E-state index is 13.4. The van der Waals surface area contributed by atoms with Crippen molar-refractivity contribution in [2.24, 2.45) is 11.3 Å². The topological polar surface area (TPSA) is 71.9 Å². The third-order valence-electron chi connectivity index (χ3n) is 6.26. The molecule has 4 rings (SSSR count). The number of hydrogen-bond acceptors (Lipinski definition) is 5. The Bertz CT molecular complexity index is 923. The Morgan fingerprint density at radius 3 is 2.59 bits per heavy atom. The average molecular weight is 450 g/mol. The number of alkyl halides is 3. The molecule has 1 spiro atoms. The predicted octanol–water partition coefficient (Wildman–Crippen LogP) is 3.99. The van der Waals surface area contributed by atoms with Gasteiger partial charge in [-0.3, -0.25) is 4.79 Å². The van der Waals surface area contributed by atoms with Crippen LogP contribution in [0.1, 0.15) is 25.7 Å². The van der Waals surface area contributed by atoms with Crippen LogP contribution in [0.3, 0.4) is 0 Å². The van der Waals surface area contributed by atoms with E-state index in [4.69, 9.17) is 9.47 Å². The number of aliphatic hydroxyl groups is 1. The third kappa shape index (κ3) is 4.98. The van der Waals surface area contributed by atoms with Crippen molar-refractivity contribution in [1.29, 1.82) is 0 Å². The van der Waals surface area contributed by atoms with Gasteiger partial charge in [-0.2, -0.15) is 13.2 Å². The fraction of sp³-hybridized carbons (Fsp3) is 0.478. The molecule has 0 radical (unpaired) electrons. The highest BCUT2D eigenvalue weighted by atomic mass is 19.4. The van der Waals surface area contributed by atoms with Gasteiger partial charge in [-0.25, -0.2) is 4.98 Å². The van der Waals surface area contributed by atoms with Gasteiger partial charge in [0.15, 0.2) is 6.61 Å². The minimum absolute atomic E-state index is 0.0174. The van der Waals surface area contributed by atoms with Crippen molar-refractivity contribution in [1.82, 2.24) is 4.98 Å². The Balaban J connectivity index is 1.40. The summed E-state index contributed by atoms with van der Waals surface area (Å²) in [7, 11) is 0. The SMILES string of the molecule is O=C1N(c2ccc(OCC(F)(F)F)cc2)CC[C@]12CC[C@H](O)[C@@H](COc1ccccn1)C2. The van der Waals surface area contributed by atoms with Crippen molar-refractivity contribution >= 4 is 11.6 Å². The van der Waals surface area contributed by atoms with Gasteiger partial charge in [0.05, 0.1) is 18.1 Å². The highest BCUT2D eigenvalue weighted by molar-refractivity contribution is 6.00. The summed E-state index contributed by atoms with van der Waals surface area (Å²) in [4.78, 5) is 19.2. The molecule has 3 atom stereocenters. The molecule has 1 N–H and O–H groups in total. The van der Waals surface area contributed by atoms with Crippen LogP contribution in [0.5, 0.6) is 11.6 Å². The van der Waals surface area contributed by atoms with Gasteiger partial charge in [0.1, 0.15) is 5.75 Å². The van der Waals surface area contributed by atoms with Gasteiger partial charge in [-0.15, -0.1) is 0 Å². The van der Waals surface area contributed by atoms with Crippen LogP contribution in [0.15, 0.2) is 48.7 Å². The van der Waals surface area contributed by atoms with Gasteiger partial charge in [0.25, 0.3) is 0 Å². The van der Waals surface area contributed by atoms with E-state index < -0.39 is 24.3 Å². The first-order valence-electron chi connectivity index (χ1n) is 10.6. The fourth-order valence-corrected chi connectivity index (χ4v) is 4.57. The molecule has 2 aromatic rings. The summed E-state index contributed by atoms with van der Waals surface area (Å²) in [6, 6.07) is 11.4. The molecule has 2 heterocycles. The van der Waals surface area contributed by atoms with E-state index >= 15 is 0 Å². The molecule has 6 nitrogen and oxygen atoms in total. The largest absolute Gasteiger partial charge is 0.484 e. The lowest BCUT2D eigenvalue weighted by Gasteiger charge is -2.39. The molecule has 2 aliphatic rings. The number of aliphatic hydroxyl groups excluding tert-OH is 1. The lowest BCUT2D eigenvalue weighted by molar-refractivity contribution is -0.153. The number of pyridine rings is 1. The number of rotatable bonds is 6. The van der Waals surface area contributed by atoms with Crippen molar-refractivity contribution < 1.29 is 32.5 Å². The Morgan fingerprint density at radius 2 is 1.91 bits per heavy atom. The predicted molar refractivity (Wildman–Crippen MR) is 110 cm³/mol. The average Bonchev–Trinajstić information content (AvgIpc) is 3.09. The monoisotopic (exact) mass is 450 g/mol. The Hall–Kier alpha value is -2.81. The number of halogens is 3. The molecule has 9 heteroatoms. The molecule has 32 heavy (non-hydrogen) atoms. The van der Waals surface area contributed by atoms with Crippen molar-refractivity contribution in [3.63, 3.8) is 0 Å². The number of aromatic nitrogens is 1. The van der Waals surface area contributed by atoms with Gasteiger partial charge < -0.3 is 19.5 Å². The summed E-state index contributed by atoms with van der Waals surface area (Å²) >= 11 is 0. The Kier molecular flexibility index (Phi) is 6.28. The van der Waals surface area contributed by atoms with Crippen molar-refractivity contribution in [2.45, 2.75) is 38.0 Å². The Labute approximate surface area is 184 Å². The molecule has 0 unspecified atom stereocenters. The molecule has 1 aromatic carbocycles. The first-order chi connectivity index (χ1) is 15.3. The minimum Gasteiger partial charge on any atom is -0.484 e. The second-order valence-corrected chi connectivity index (χ2v) is 8.43. The summed E-state index contributed by atoms with van der Waals surface area (Å²) in [5, 5.41) is 10.5. The smallest absolute Gasteiger partial charge is 0.422 e. The Morgan fingerprint density at radius 1 is 1.12 bits per heavy atom. The highest BCUT2D eigenvalue weighted by Gasteiger charge is 2.51. The number of ether oxygens (including phenoxy) is 2. The molecule has 1 amide bonds. The molecule has 2 fully saturated rings. The van der Waals surface area contributed by atoms with Crippen LogP contribution in [-0.2, 0) is 4.79 Å². The number of hydrogen-bond donors (Lipinski definition) is 1. The zero-order chi connectivity index (χ0) is 22.8. The van der Waals surface area contributed by atoms with Crippen LogP contribution >= 0.6 is 0 Å². The summed E-state index contributed by atoms with van der Waals surface area (Å²) in [5.41, 5.74) is 0.0571. The lowest BCUT2D eigenvalue weighted by Crippen LogP contribution is -2.44. The van der Waals surface area contributed by atoms with E-state index in [1.807, 2.05) is 6.07 Å². The number of carbonyl (C=O) groups excluding carboxylic acids is 1. The number of anilines is 1. The third-order valence-corrected chi connectivity index (χ3v) is 6.26. The molecule has 1 aliphatic heterocycles. The van der Waals surface area contributed by atoms with E-state index in [1.54, 1.807) is 35.4 Å². The second kappa shape index (κ2) is 8.97. The van der Waals surface area contributed by atoms with Gasteiger partial charge in [-0.05, 0) is 56.0 Å². The van der Waals surface area contributed by atoms with E-state index in [1.165, 1.54) is 12.1 Å². The van der Waals surface area contributed by atoms with E-state index in [9.17, 15) is 23.1 Å². The summed E-state index contributed by atoms with van der Waals surface area (Å²) in [6.45, 7) is -0.563. The highest BCUT2D eigenvalue weighted by Crippen LogP contribution is 2.48. The number of amides is 1. The van der Waals surface area contributed by atoms with E-state index in [2.05, 4.69) is 4.98 Å².